The molecule has 0 bridgehead atoms. The van der Waals surface area contributed by atoms with Crippen LogP contribution in [0.5, 0.6) is 0 Å². The number of nitrogens with two attached hydrogens (primary N) is 2. The summed E-state index contributed by atoms with van der Waals surface area (Å²) in [6, 6.07) is 6.81. The van der Waals surface area contributed by atoms with E-state index in [4.69, 9.17) is 16.6 Å². The molecular formula is C14H20N2O3. The molecule has 0 radical (unpaired) electrons. The molecule has 1 aromatic carbocycles. The molecule has 5 N–H and O–H groups in total. The van der Waals surface area contributed by atoms with E-state index in [0.29, 0.717) is 6.42 Å². The number of aryl methyl sites for hydroxylation is 1. The molecule has 0 saturated heterocycles. The van der Waals surface area contributed by atoms with Crippen LogP contribution < -0.4 is 11.5 Å². The third-order valence-electron chi connectivity index (χ3n) is 3.07. The molecule has 1 rings (SSSR count). The average Bonchev–Trinajstić information content (AvgIpc) is 2.39. The molecule has 5 heteroatoms. The van der Waals surface area contributed by atoms with Crippen LogP contribution in [0.2, 0.25) is 0 Å². The smallest absolute Gasteiger partial charge is 0.307 e. The van der Waals surface area contributed by atoms with E-state index in [-0.39, 0.29) is 18.7 Å². The second-order valence-electron chi connectivity index (χ2n) is 4.74. The number of benzene rings is 1. The van der Waals surface area contributed by atoms with Crippen molar-refractivity contribution < 1.29 is 14.7 Å². The highest BCUT2D eigenvalue weighted by atomic mass is 16.4. The zero-order chi connectivity index (χ0) is 14.4. The summed E-state index contributed by atoms with van der Waals surface area (Å²) in [7, 11) is 0. The van der Waals surface area contributed by atoms with Gasteiger partial charge in [0, 0.05) is 13.0 Å². The number of rotatable bonds is 7. The molecule has 0 amide bonds. The Labute approximate surface area is 112 Å². The number of carboxylic acids is 1. The molecule has 104 valence electrons. The van der Waals surface area contributed by atoms with Crippen LogP contribution in [0.4, 0.5) is 0 Å². The fourth-order valence-corrected chi connectivity index (χ4v) is 1.78. The Balaban J connectivity index is 2.71. The summed E-state index contributed by atoms with van der Waals surface area (Å²) in [4.78, 5) is 22.9. The predicted octanol–water partition coefficient (Wildman–Crippen LogP) is 0.484. The van der Waals surface area contributed by atoms with Crippen molar-refractivity contribution in [2.45, 2.75) is 25.8 Å². The predicted molar refractivity (Wildman–Crippen MR) is 72.7 cm³/mol. The van der Waals surface area contributed by atoms with Crippen molar-refractivity contribution in [3.8, 4) is 0 Å². The average molecular weight is 264 g/mol. The maximum absolute atomic E-state index is 11.7. The fraction of sp³-hybridized carbons (Fsp3) is 0.429. The van der Waals surface area contributed by atoms with Crippen molar-refractivity contribution in [1.29, 1.82) is 0 Å². The summed E-state index contributed by atoms with van der Waals surface area (Å²) < 4.78 is 0. The van der Waals surface area contributed by atoms with Crippen LogP contribution >= 0.6 is 0 Å². The monoisotopic (exact) mass is 264 g/mol. The number of Topliss-reactive ketones (excluding diaryl/α,β-unsaturated/α-hetero) is 1. The number of carboxylic acid groups (broad SMARTS) is 1. The maximum Gasteiger partial charge on any atom is 0.307 e. The second-order valence-corrected chi connectivity index (χ2v) is 4.74. The Morgan fingerprint density at radius 2 is 1.84 bits per heavy atom. The second kappa shape index (κ2) is 7.01. The first kappa shape index (κ1) is 15.3. The van der Waals surface area contributed by atoms with Crippen LogP contribution in [0.15, 0.2) is 24.3 Å². The van der Waals surface area contributed by atoms with Crippen molar-refractivity contribution in [1.82, 2.24) is 0 Å². The van der Waals surface area contributed by atoms with Gasteiger partial charge in [0.1, 0.15) is 0 Å². The summed E-state index contributed by atoms with van der Waals surface area (Å²) in [5.41, 5.74) is 12.8. The van der Waals surface area contributed by atoms with Crippen molar-refractivity contribution in [3.05, 3.63) is 35.4 Å². The Bertz CT molecular complexity index is 443. The number of ketones is 1. The van der Waals surface area contributed by atoms with E-state index in [1.54, 1.807) is 0 Å². The minimum absolute atomic E-state index is 0.0374. The number of hydrogen-bond acceptors (Lipinski definition) is 4. The van der Waals surface area contributed by atoms with E-state index >= 15 is 0 Å². The number of hydrogen-bond donors (Lipinski definition) is 3. The zero-order valence-electron chi connectivity index (χ0n) is 11.0. The molecule has 0 heterocycles. The number of aliphatic carboxylic acids is 1. The third kappa shape index (κ3) is 4.81. The molecule has 0 aliphatic carbocycles. The molecule has 0 saturated carbocycles. The van der Waals surface area contributed by atoms with Crippen LogP contribution in [-0.2, 0) is 16.0 Å². The minimum atomic E-state index is -0.988. The lowest BCUT2D eigenvalue weighted by molar-refractivity contribution is -0.143. The van der Waals surface area contributed by atoms with Crippen LogP contribution in [0.25, 0.3) is 0 Å². The summed E-state index contributed by atoms with van der Waals surface area (Å²) in [5, 5.41) is 9.17. The first-order valence-corrected chi connectivity index (χ1v) is 6.20. The van der Waals surface area contributed by atoms with Gasteiger partial charge in [-0.25, -0.2) is 0 Å². The highest BCUT2D eigenvalue weighted by Crippen LogP contribution is 2.14. The molecule has 0 aliphatic rings. The highest BCUT2D eigenvalue weighted by Gasteiger charge is 2.24. The van der Waals surface area contributed by atoms with Crippen LogP contribution in [0.1, 0.15) is 17.5 Å². The van der Waals surface area contributed by atoms with Gasteiger partial charge in [0.15, 0.2) is 5.78 Å². The number of carbonyl (C=O) groups is 2. The Morgan fingerprint density at radius 1 is 1.26 bits per heavy atom. The molecule has 5 nitrogen and oxygen atoms in total. The normalized spacial score (nSPS) is 13.8. The van der Waals surface area contributed by atoms with Gasteiger partial charge in [0.25, 0.3) is 0 Å². The Hall–Kier alpha value is -1.72. The van der Waals surface area contributed by atoms with Crippen molar-refractivity contribution in [3.63, 3.8) is 0 Å². The number of carbonyl (C=O) groups excluding carboxylic acids is 1. The van der Waals surface area contributed by atoms with E-state index in [9.17, 15) is 9.59 Å². The zero-order valence-corrected chi connectivity index (χ0v) is 11.0. The lowest BCUT2D eigenvalue weighted by Gasteiger charge is -2.14. The first-order chi connectivity index (χ1) is 8.93. The molecule has 1 aromatic rings. The summed E-state index contributed by atoms with van der Waals surface area (Å²) in [5.74, 6) is -2.05. The van der Waals surface area contributed by atoms with Crippen molar-refractivity contribution in [2.24, 2.45) is 17.4 Å². The molecule has 0 spiro atoms. The highest BCUT2D eigenvalue weighted by molar-refractivity contribution is 5.87. The van der Waals surface area contributed by atoms with Crippen LogP contribution in [0.3, 0.4) is 0 Å². The van der Waals surface area contributed by atoms with Gasteiger partial charge in [0.2, 0.25) is 0 Å². The van der Waals surface area contributed by atoms with Crippen molar-refractivity contribution >= 4 is 11.8 Å². The van der Waals surface area contributed by atoms with Gasteiger partial charge in [-0.2, -0.15) is 0 Å². The van der Waals surface area contributed by atoms with Crippen LogP contribution in [0, 0.1) is 12.8 Å². The molecule has 0 aromatic heterocycles. The van der Waals surface area contributed by atoms with E-state index in [2.05, 4.69) is 0 Å². The standard InChI is InChI=1S/C14H20N2O3/c1-9-2-4-10(5-3-9)6-11(14(18)19)7-13(17)12(16)8-15/h2-5,11-12H,6-8,15-16H2,1H3,(H,18,19)/t11-,12-/m1/s1. The van der Waals surface area contributed by atoms with E-state index in [1.165, 1.54) is 0 Å². The largest absolute Gasteiger partial charge is 0.481 e. The fourth-order valence-electron chi connectivity index (χ4n) is 1.78. The Kier molecular flexibility index (Phi) is 5.66. The van der Waals surface area contributed by atoms with Gasteiger partial charge in [0.05, 0.1) is 12.0 Å². The van der Waals surface area contributed by atoms with Gasteiger partial charge >= 0.3 is 5.97 Å². The first-order valence-electron chi connectivity index (χ1n) is 6.20. The molecule has 0 unspecified atom stereocenters. The van der Waals surface area contributed by atoms with Crippen molar-refractivity contribution in [2.75, 3.05) is 6.54 Å². The molecular weight excluding hydrogens is 244 g/mol. The topological polar surface area (TPSA) is 106 Å². The summed E-state index contributed by atoms with van der Waals surface area (Å²) in [6.45, 7) is 2.00. The van der Waals surface area contributed by atoms with Crippen LogP contribution in [-0.4, -0.2) is 29.4 Å². The quantitative estimate of drug-likeness (QED) is 0.664. The van der Waals surface area contributed by atoms with Gasteiger partial charge in [-0.3, -0.25) is 9.59 Å². The van der Waals surface area contributed by atoms with Gasteiger partial charge < -0.3 is 16.6 Å². The Morgan fingerprint density at radius 3 is 2.32 bits per heavy atom. The molecule has 0 fully saturated rings. The molecule has 0 aliphatic heterocycles. The summed E-state index contributed by atoms with van der Waals surface area (Å²) in [6.07, 6.45) is 0.236. The SMILES string of the molecule is Cc1ccc(C[C@H](CC(=O)[C@H](N)CN)C(=O)O)cc1. The molecule has 19 heavy (non-hydrogen) atoms. The summed E-state index contributed by atoms with van der Waals surface area (Å²) >= 11 is 0. The molecule has 2 atom stereocenters. The van der Waals surface area contributed by atoms with Gasteiger partial charge in [-0.15, -0.1) is 0 Å². The third-order valence-corrected chi connectivity index (χ3v) is 3.07. The van der Waals surface area contributed by atoms with E-state index in [1.807, 2.05) is 31.2 Å². The van der Waals surface area contributed by atoms with Gasteiger partial charge in [-0.05, 0) is 18.9 Å². The van der Waals surface area contributed by atoms with E-state index in [0.717, 1.165) is 11.1 Å². The van der Waals surface area contributed by atoms with E-state index < -0.39 is 17.9 Å². The maximum atomic E-state index is 11.7. The van der Waals surface area contributed by atoms with Gasteiger partial charge in [-0.1, -0.05) is 29.8 Å². The lowest BCUT2D eigenvalue weighted by atomic mass is 9.92. The lowest BCUT2D eigenvalue weighted by Crippen LogP contribution is -2.39. The minimum Gasteiger partial charge on any atom is -0.481 e.